The van der Waals surface area contributed by atoms with Crippen LogP contribution in [0.3, 0.4) is 0 Å². The first kappa shape index (κ1) is 14.5. The molecule has 1 aliphatic heterocycles. The molecule has 1 N–H and O–H groups in total. The van der Waals surface area contributed by atoms with Gasteiger partial charge in [-0.25, -0.2) is 0 Å². The van der Waals surface area contributed by atoms with Crippen LogP contribution in [0.2, 0.25) is 0 Å². The molecule has 0 saturated carbocycles. The highest BCUT2D eigenvalue weighted by Crippen LogP contribution is 2.13. The molecule has 2 rings (SSSR count). The molecule has 1 aromatic carbocycles. The smallest absolute Gasteiger partial charge is 0.00189 e. The van der Waals surface area contributed by atoms with Crippen molar-refractivity contribution in [3.63, 3.8) is 0 Å². The molecule has 0 radical (unpaired) electrons. The maximum Gasteiger partial charge on any atom is 0.00189 e. The average Bonchev–Trinajstić information content (AvgIpc) is 2.47. The molecule has 106 valence electrons. The Labute approximate surface area is 118 Å². The van der Waals surface area contributed by atoms with Crippen LogP contribution in [-0.2, 0) is 12.8 Å². The molecule has 0 spiro atoms. The highest BCUT2D eigenvalue weighted by molar-refractivity contribution is 5.22. The summed E-state index contributed by atoms with van der Waals surface area (Å²) >= 11 is 0. The number of hydrogen-bond acceptors (Lipinski definition) is 2. The maximum atomic E-state index is 3.44. The number of benzene rings is 1. The second-order valence-electron chi connectivity index (χ2n) is 5.88. The Hall–Kier alpha value is -0.860. The Morgan fingerprint density at radius 3 is 2.37 bits per heavy atom. The molecule has 1 aromatic rings. The lowest BCUT2D eigenvalue weighted by Crippen LogP contribution is -2.35. The van der Waals surface area contributed by atoms with Crippen LogP contribution < -0.4 is 5.32 Å². The maximum absolute atomic E-state index is 3.44. The molecule has 2 nitrogen and oxygen atoms in total. The number of rotatable bonds is 6. The van der Waals surface area contributed by atoms with Crippen molar-refractivity contribution >= 4 is 0 Å². The molecule has 0 atom stereocenters. The summed E-state index contributed by atoms with van der Waals surface area (Å²) in [5, 5.41) is 3.44. The van der Waals surface area contributed by atoms with E-state index in [1.807, 2.05) is 0 Å². The van der Waals surface area contributed by atoms with Crippen molar-refractivity contribution in [3.8, 4) is 0 Å². The fourth-order valence-corrected chi connectivity index (χ4v) is 2.86. The lowest BCUT2D eigenvalue weighted by atomic mass is 9.97. The van der Waals surface area contributed by atoms with Crippen molar-refractivity contribution in [3.05, 3.63) is 35.4 Å². The molecule has 0 amide bonds. The summed E-state index contributed by atoms with van der Waals surface area (Å²) in [6, 6.07) is 9.11. The van der Waals surface area contributed by atoms with Crippen LogP contribution in [-0.4, -0.2) is 38.1 Å². The predicted molar refractivity (Wildman–Crippen MR) is 82.6 cm³/mol. The molecule has 2 heteroatoms. The van der Waals surface area contributed by atoms with E-state index in [0.717, 1.165) is 12.3 Å². The van der Waals surface area contributed by atoms with E-state index in [-0.39, 0.29) is 0 Å². The molecular formula is C17H28N2. The zero-order valence-corrected chi connectivity index (χ0v) is 12.5. The molecule has 0 aromatic heterocycles. The van der Waals surface area contributed by atoms with Gasteiger partial charge in [-0.2, -0.15) is 0 Å². The highest BCUT2D eigenvalue weighted by atomic mass is 15.1. The van der Waals surface area contributed by atoms with E-state index in [1.54, 1.807) is 0 Å². The second kappa shape index (κ2) is 7.66. The Bertz CT molecular complexity index is 352. The minimum absolute atomic E-state index is 0.897. The molecule has 1 heterocycles. The fraction of sp³-hybridized carbons (Fsp3) is 0.647. The van der Waals surface area contributed by atoms with Gasteiger partial charge in [0, 0.05) is 13.1 Å². The van der Waals surface area contributed by atoms with E-state index in [1.165, 1.54) is 56.6 Å². The summed E-state index contributed by atoms with van der Waals surface area (Å²) in [6.45, 7) is 7.06. The SMILES string of the molecule is CCc1ccc(CCN(C)CC2CCNCC2)cc1. The van der Waals surface area contributed by atoms with Gasteiger partial charge in [0.2, 0.25) is 0 Å². The van der Waals surface area contributed by atoms with Crippen LogP contribution in [0.25, 0.3) is 0 Å². The van der Waals surface area contributed by atoms with Crippen LogP contribution in [0.4, 0.5) is 0 Å². The predicted octanol–water partition coefficient (Wildman–Crippen LogP) is 2.72. The first-order valence-electron chi connectivity index (χ1n) is 7.75. The summed E-state index contributed by atoms with van der Waals surface area (Å²) < 4.78 is 0. The van der Waals surface area contributed by atoms with E-state index in [0.29, 0.717) is 0 Å². The zero-order valence-electron chi connectivity index (χ0n) is 12.5. The first-order valence-corrected chi connectivity index (χ1v) is 7.75. The number of hydrogen-bond donors (Lipinski definition) is 1. The van der Waals surface area contributed by atoms with Gasteiger partial charge in [0.1, 0.15) is 0 Å². The number of aryl methyl sites for hydroxylation is 1. The molecular weight excluding hydrogens is 232 g/mol. The van der Waals surface area contributed by atoms with Crippen molar-refractivity contribution in [2.45, 2.75) is 32.6 Å². The summed E-state index contributed by atoms with van der Waals surface area (Å²) in [7, 11) is 2.27. The van der Waals surface area contributed by atoms with Gasteiger partial charge in [-0.15, -0.1) is 0 Å². The van der Waals surface area contributed by atoms with Crippen LogP contribution >= 0.6 is 0 Å². The Morgan fingerprint density at radius 1 is 1.11 bits per heavy atom. The third-order valence-corrected chi connectivity index (χ3v) is 4.24. The van der Waals surface area contributed by atoms with Crippen molar-refractivity contribution in [1.82, 2.24) is 10.2 Å². The molecule has 1 saturated heterocycles. The van der Waals surface area contributed by atoms with Crippen LogP contribution in [0, 0.1) is 5.92 Å². The van der Waals surface area contributed by atoms with Crippen molar-refractivity contribution < 1.29 is 0 Å². The van der Waals surface area contributed by atoms with Crippen LogP contribution in [0.5, 0.6) is 0 Å². The molecule has 1 aliphatic rings. The van der Waals surface area contributed by atoms with Gasteiger partial charge in [-0.1, -0.05) is 31.2 Å². The van der Waals surface area contributed by atoms with E-state index in [9.17, 15) is 0 Å². The Balaban J connectivity index is 1.71. The van der Waals surface area contributed by atoms with Crippen LogP contribution in [0.1, 0.15) is 30.9 Å². The van der Waals surface area contributed by atoms with Gasteiger partial charge in [-0.3, -0.25) is 0 Å². The van der Waals surface area contributed by atoms with Gasteiger partial charge in [0.25, 0.3) is 0 Å². The second-order valence-corrected chi connectivity index (χ2v) is 5.88. The zero-order chi connectivity index (χ0) is 13.5. The van der Waals surface area contributed by atoms with E-state index < -0.39 is 0 Å². The number of piperidine rings is 1. The molecule has 1 fully saturated rings. The topological polar surface area (TPSA) is 15.3 Å². The van der Waals surface area contributed by atoms with Gasteiger partial charge in [-0.05, 0) is 62.9 Å². The average molecular weight is 260 g/mol. The summed E-state index contributed by atoms with van der Waals surface area (Å²) in [5.74, 6) is 0.897. The van der Waals surface area contributed by atoms with E-state index in [4.69, 9.17) is 0 Å². The van der Waals surface area contributed by atoms with Crippen LogP contribution in [0.15, 0.2) is 24.3 Å². The fourth-order valence-electron chi connectivity index (χ4n) is 2.86. The van der Waals surface area contributed by atoms with E-state index in [2.05, 4.69) is 48.5 Å². The summed E-state index contributed by atoms with van der Waals surface area (Å²) in [6.07, 6.45) is 4.99. The van der Waals surface area contributed by atoms with E-state index >= 15 is 0 Å². The number of nitrogens with zero attached hydrogens (tertiary/aromatic N) is 1. The lowest BCUT2D eigenvalue weighted by Gasteiger charge is -2.27. The van der Waals surface area contributed by atoms with Crippen molar-refractivity contribution in [2.75, 3.05) is 33.2 Å². The molecule has 19 heavy (non-hydrogen) atoms. The van der Waals surface area contributed by atoms with Crippen molar-refractivity contribution in [2.24, 2.45) is 5.92 Å². The van der Waals surface area contributed by atoms with Crippen molar-refractivity contribution in [1.29, 1.82) is 0 Å². The Kier molecular flexibility index (Phi) is 5.87. The highest BCUT2D eigenvalue weighted by Gasteiger charge is 2.14. The third kappa shape index (κ3) is 4.96. The van der Waals surface area contributed by atoms with Gasteiger partial charge >= 0.3 is 0 Å². The standard InChI is InChI=1S/C17H28N2/c1-3-15-4-6-16(7-5-15)10-13-19(2)14-17-8-11-18-12-9-17/h4-7,17-18H,3,8-14H2,1-2H3. The number of likely N-dealkylation sites (N-methyl/N-ethyl adjacent to an activating group) is 1. The number of nitrogens with one attached hydrogen (secondary N) is 1. The molecule has 0 unspecified atom stereocenters. The molecule has 0 aliphatic carbocycles. The normalized spacial score (nSPS) is 17.0. The first-order chi connectivity index (χ1) is 9.28. The van der Waals surface area contributed by atoms with Gasteiger partial charge < -0.3 is 10.2 Å². The largest absolute Gasteiger partial charge is 0.317 e. The summed E-state index contributed by atoms with van der Waals surface area (Å²) in [4.78, 5) is 2.50. The minimum atomic E-state index is 0.897. The summed E-state index contributed by atoms with van der Waals surface area (Å²) in [5.41, 5.74) is 2.90. The van der Waals surface area contributed by atoms with Gasteiger partial charge in [0.15, 0.2) is 0 Å². The molecule has 0 bridgehead atoms. The lowest BCUT2D eigenvalue weighted by molar-refractivity contribution is 0.242. The monoisotopic (exact) mass is 260 g/mol. The Morgan fingerprint density at radius 2 is 1.74 bits per heavy atom. The quantitative estimate of drug-likeness (QED) is 0.846. The third-order valence-electron chi connectivity index (χ3n) is 4.24. The van der Waals surface area contributed by atoms with Gasteiger partial charge in [0.05, 0.1) is 0 Å². The minimum Gasteiger partial charge on any atom is -0.317 e.